The van der Waals surface area contributed by atoms with Crippen LogP contribution in [0.25, 0.3) is 11.6 Å². The molecule has 3 aromatic carbocycles. The lowest BCUT2D eigenvalue weighted by atomic mass is 10.0. The molecule has 0 saturated heterocycles. The van der Waals surface area contributed by atoms with Gasteiger partial charge in [0.05, 0.1) is 18.8 Å². The molecule has 146 valence electrons. The van der Waals surface area contributed by atoms with E-state index in [0.29, 0.717) is 23.7 Å². The van der Waals surface area contributed by atoms with Crippen LogP contribution >= 0.6 is 31.9 Å². The molecular weight excluding hydrogens is 494 g/mol. The van der Waals surface area contributed by atoms with Crippen LogP contribution in [0.4, 0.5) is 0 Å². The van der Waals surface area contributed by atoms with Crippen LogP contribution in [0.2, 0.25) is 0 Å². The first kappa shape index (κ1) is 21.2. The molecule has 29 heavy (non-hydrogen) atoms. The van der Waals surface area contributed by atoms with Gasteiger partial charge < -0.3 is 9.47 Å². The average molecular weight is 513 g/mol. The molecule has 0 bridgehead atoms. The number of hydrogen-bond donors (Lipinski definition) is 0. The van der Waals surface area contributed by atoms with Crippen LogP contribution in [-0.2, 0) is 6.61 Å². The number of aryl methyl sites for hydroxylation is 1. The third-order valence-electron chi connectivity index (χ3n) is 4.37. The van der Waals surface area contributed by atoms with Gasteiger partial charge >= 0.3 is 0 Å². The Kier molecular flexibility index (Phi) is 7.13. The molecule has 0 amide bonds. The zero-order valence-electron chi connectivity index (χ0n) is 16.1. The number of benzene rings is 3. The van der Waals surface area contributed by atoms with Gasteiger partial charge in [0.25, 0.3) is 0 Å². The molecule has 3 rings (SSSR count). The standard InChI is InChI=1S/C24H19Br2NO2/c1-16-3-5-17(6-4-16)15-29-24-13-22(26)19(12-23(24)28-2)11-20(14-27)18-7-9-21(25)10-8-18/h3-13H,15H2,1-2H3/b20-11+. The Morgan fingerprint density at radius 1 is 1.00 bits per heavy atom. The molecular formula is C24H19Br2NO2. The van der Waals surface area contributed by atoms with Crippen molar-refractivity contribution in [3.63, 3.8) is 0 Å². The molecule has 0 atom stereocenters. The number of nitrogens with zero attached hydrogens (tertiary/aromatic N) is 1. The molecule has 0 unspecified atom stereocenters. The van der Waals surface area contributed by atoms with E-state index in [2.05, 4.69) is 57.0 Å². The predicted molar refractivity (Wildman–Crippen MR) is 124 cm³/mol. The molecule has 0 N–H and O–H groups in total. The van der Waals surface area contributed by atoms with Crippen LogP contribution in [0.15, 0.2) is 69.6 Å². The number of allylic oxidation sites excluding steroid dienone is 1. The molecule has 3 nitrogen and oxygen atoms in total. The van der Waals surface area contributed by atoms with E-state index in [1.54, 1.807) is 7.11 Å². The third-order valence-corrected chi connectivity index (χ3v) is 5.59. The Bertz CT molecular complexity index is 1070. The summed E-state index contributed by atoms with van der Waals surface area (Å²) in [6.45, 7) is 2.50. The lowest BCUT2D eigenvalue weighted by molar-refractivity contribution is 0.284. The van der Waals surface area contributed by atoms with Crippen LogP contribution in [0.3, 0.4) is 0 Å². The molecule has 0 heterocycles. The summed E-state index contributed by atoms with van der Waals surface area (Å²) >= 11 is 7.01. The quantitative estimate of drug-likeness (QED) is 0.259. The van der Waals surface area contributed by atoms with Gasteiger partial charge in [-0.2, -0.15) is 5.26 Å². The summed E-state index contributed by atoms with van der Waals surface area (Å²) in [4.78, 5) is 0. The van der Waals surface area contributed by atoms with Gasteiger partial charge in [-0.15, -0.1) is 0 Å². The van der Waals surface area contributed by atoms with Crippen LogP contribution in [0.1, 0.15) is 22.3 Å². The molecule has 0 aliphatic heterocycles. The summed E-state index contributed by atoms with van der Waals surface area (Å²) < 4.78 is 13.3. The third kappa shape index (κ3) is 5.50. The van der Waals surface area contributed by atoms with E-state index in [9.17, 15) is 5.26 Å². The van der Waals surface area contributed by atoms with Crippen molar-refractivity contribution in [3.05, 3.63) is 91.9 Å². The Morgan fingerprint density at radius 3 is 2.31 bits per heavy atom. The summed E-state index contributed by atoms with van der Waals surface area (Å²) in [5.41, 5.74) is 4.54. The minimum atomic E-state index is 0.445. The van der Waals surface area contributed by atoms with Crippen LogP contribution < -0.4 is 9.47 Å². The smallest absolute Gasteiger partial charge is 0.162 e. The fourth-order valence-electron chi connectivity index (χ4n) is 2.74. The molecule has 0 radical (unpaired) electrons. The molecule has 3 aromatic rings. The van der Waals surface area contributed by atoms with Crippen molar-refractivity contribution in [2.24, 2.45) is 0 Å². The van der Waals surface area contributed by atoms with E-state index < -0.39 is 0 Å². The van der Waals surface area contributed by atoms with Gasteiger partial charge in [0, 0.05) is 8.95 Å². The Labute approximate surface area is 187 Å². The second-order valence-electron chi connectivity index (χ2n) is 6.48. The van der Waals surface area contributed by atoms with E-state index in [0.717, 1.165) is 25.6 Å². The molecule has 0 aromatic heterocycles. The van der Waals surface area contributed by atoms with Gasteiger partial charge in [0.2, 0.25) is 0 Å². The van der Waals surface area contributed by atoms with Crippen LogP contribution in [-0.4, -0.2) is 7.11 Å². The summed E-state index contributed by atoms with van der Waals surface area (Å²) in [6.07, 6.45) is 1.83. The van der Waals surface area contributed by atoms with E-state index in [-0.39, 0.29) is 0 Å². The second-order valence-corrected chi connectivity index (χ2v) is 8.25. The first-order valence-corrected chi connectivity index (χ1v) is 10.5. The zero-order chi connectivity index (χ0) is 20.8. The van der Waals surface area contributed by atoms with E-state index in [4.69, 9.17) is 9.47 Å². The minimum Gasteiger partial charge on any atom is -0.493 e. The maximum atomic E-state index is 9.61. The first-order chi connectivity index (χ1) is 14.0. The summed E-state index contributed by atoms with van der Waals surface area (Å²) in [6, 6.07) is 21.9. The van der Waals surface area contributed by atoms with Crippen molar-refractivity contribution >= 4 is 43.5 Å². The fraction of sp³-hybridized carbons (Fsp3) is 0.125. The number of rotatable bonds is 6. The van der Waals surface area contributed by atoms with Gasteiger partial charge in [0.1, 0.15) is 6.61 Å². The Morgan fingerprint density at radius 2 is 1.69 bits per heavy atom. The van der Waals surface area contributed by atoms with Gasteiger partial charge in [-0.3, -0.25) is 0 Å². The molecule has 0 spiro atoms. The molecule has 5 heteroatoms. The number of hydrogen-bond acceptors (Lipinski definition) is 3. The van der Waals surface area contributed by atoms with Crippen molar-refractivity contribution in [1.82, 2.24) is 0 Å². The monoisotopic (exact) mass is 511 g/mol. The van der Waals surface area contributed by atoms with Crippen molar-refractivity contribution in [1.29, 1.82) is 5.26 Å². The molecule has 0 aliphatic carbocycles. The normalized spacial score (nSPS) is 11.1. The highest BCUT2D eigenvalue weighted by atomic mass is 79.9. The molecule has 0 fully saturated rings. The Balaban J connectivity index is 1.88. The topological polar surface area (TPSA) is 42.2 Å². The highest BCUT2D eigenvalue weighted by Crippen LogP contribution is 2.36. The average Bonchev–Trinajstić information content (AvgIpc) is 2.73. The lowest BCUT2D eigenvalue weighted by Gasteiger charge is -2.13. The molecule has 0 aliphatic rings. The highest BCUT2D eigenvalue weighted by molar-refractivity contribution is 9.10. The maximum absolute atomic E-state index is 9.61. The van der Waals surface area contributed by atoms with Gasteiger partial charge in [-0.1, -0.05) is 73.8 Å². The van der Waals surface area contributed by atoms with Gasteiger partial charge in [-0.05, 0) is 54.0 Å². The van der Waals surface area contributed by atoms with Crippen molar-refractivity contribution in [3.8, 4) is 17.6 Å². The summed E-state index contributed by atoms with van der Waals surface area (Å²) in [5, 5.41) is 9.61. The lowest BCUT2D eigenvalue weighted by Crippen LogP contribution is -1.98. The number of ether oxygens (including phenoxy) is 2. The Hall–Kier alpha value is -2.55. The van der Waals surface area contributed by atoms with Crippen LogP contribution in [0, 0.1) is 18.3 Å². The predicted octanol–water partition coefficient (Wildman–Crippen LogP) is 7.17. The zero-order valence-corrected chi connectivity index (χ0v) is 19.2. The van der Waals surface area contributed by atoms with Gasteiger partial charge in [-0.25, -0.2) is 0 Å². The maximum Gasteiger partial charge on any atom is 0.162 e. The summed E-state index contributed by atoms with van der Waals surface area (Å²) in [7, 11) is 1.61. The second kappa shape index (κ2) is 9.78. The van der Waals surface area contributed by atoms with Gasteiger partial charge in [0.15, 0.2) is 11.5 Å². The van der Waals surface area contributed by atoms with Crippen molar-refractivity contribution in [2.45, 2.75) is 13.5 Å². The van der Waals surface area contributed by atoms with E-state index in [1.807, 2.05) is 54.6 Å². The highest BCUT2D eigenvalue weighted by Gasteiger charge is 2.11. The summed E-state index contributed by atoms with van der Waals surface area (Å²) in [5.74, 6) is 1.25. The number of halogens is 2. The van der Waals surface area contributed by atoms with Crippen molar-refractivity contribution < 1.29 is 9.47 Å². The van der Waals surface area contributed by atoms with Crippen molar-refractivity contribution in [2.75, 3.05) is 7.11 Å². The van der Waals surface area contributed by atoms with E-state index >= 15 is 0 Å². The largest absolute Gasteiger partial charge is 0.493 e. The first-order valence-electron chi connectivity index (χ1n) is 8.94. The number of methoxy groups -OCH3 is 1. The number of nitriles is 1. The molecule has 0 saturated carbocycles. The minimum absolute atomic E-state index is 0.445. The van der Waals surface area contributed by atoms with E-state index in [1.165, 1.54) is 5.56 Å². The van der Waals surface area contributed by atoms with Crippen LogP contribution in [0.5, 0.6) is 11.5 Å². The fourth-order valence-corrected chi connectivity index (χ4v) is 3.45. The SMILES string of the molecule is COc1cc(/C=C(\C#N)c2ccc(Br)cc2)c(Br)cc1OCc1ccc(C)cc1.